The number of sulfonamides is 1. The van der Waals surface area contributed by atoms with E-state index in [4.69, 9.17) is 0 Å². The Bertz CT molecular complexity index is 1190. The number of aryl methyl sites for hydroxylation is 1. The second-order valence-corrected chi connectivity index (χ2v) is 10.4. The van der Waals surface area contributed by atoms with E-state index in [1.54, 1.807) is 24.3 Å². The molecule has 3 rings (SSSR count). The van der Waals surface area contributed by atoms with Gasteiger partial charge >= 0.3 is 0 Å². The highest BCUT2D eigenvalue weighted by atomic mass is 79.9. The molecule has 3 aromatic rings. The molecule has 0 aliphatic rings. The maximum atomic E-state index is 12.9. The van der Waals surface area contributed by atoms with Gasteiger partial charge in [0.15, 0.2) is 0 Å². The van der Waals surface area contributed by atoms with Crippen LogP contribution in [0, 0.1) is 18.8 Å². The number of unbranched alkanes of at least 4 members (excludes halogenated alkanes) is 2. The Morgan fingerprint density at radius 1 is 0.969 bits per heavy atom. The van der Waals surface area contributed by atoms with Crippen molar-refractivity contribution in [2.75, 3.05) is 6.54 Å². The van der Waals surface area contributed by atoms with Crippen molar-refractivity contribution in [1.29, 1.82) is 0 Å². The quantitative estimate of drug-likeness (QED) is 0.281. The van der Waals surface area contributed by atoms with Gasteiger partial charge in [0.1, 0.15) is 0 Å². The molecule has 3 aromatic carbocycles. The summed E-state index contributed by atoms with van der Waals surface area (Å²) in [4.78, 5) is 0.246. The topological polar surface area (TPSA) is 46.2 Å². The van der Waals surface area contributed by atoms with Crippen molar-refractivity contribution in [1.82, 2.24) is 4.72 Å². The molecule has 1 unspecified atom stereocenters. The van der Waals surface area contributed by atoms with Gasteiger partial charge in [-0.2, -0.15) is 0 Å². The largest absolute Gasteiger partial charge is 0.240 e. The minimum absolute atomic E-state index is 0.155. The number of hydrogen-bond acceptors (Lipinski definition) is 2. The van der Waals surface area contributed by atoms with E-state index < -0.39 is 10.0 Å². The van der Waals surface area contributed by atoms with Gasteiger partial charge in [0.05, 0.1) is 4.90 Å². The molecule has 0 bridgehead atoms. The van der Waals surface area contributed by atoms with E-state index in [1.807, 2.05) is 31.2 Å². The molecule has 0 aliphatic carbocycles. The van der Waals surface area contributed by atoms with Gasteiger partial charge in [-0.3, -0.25) is 0 Å². The van der Waals surface area contributed by atoms with Crippen LogP contribution in [0.2, 0.25) is 0 Å². The Hall–Kier alpha value is -2.39. The van der Waals surface area contributed by atoms with Crippen LogP contribution in [0.4, 0.5) is 0 Å². The van der Waals surface area contributed by atoms with Crippen molar-refractivity contribution in [2.45, 2.75) is 43.9 Å². The summed E-state index contributed by atoms with van der Waals surface area (Å²) in [7, 11) is -3.64. The lowest BCUT2D eigenvalue weighted by molar-refractivity contribution is 0.577. The summed E-state index contributed by atoms with van der Waals surface area (Å²) in [5, 5.41) is 0. The molecule has 5 heteroatoms. The van der Waals surface area contributed by atoms with E-state index in [-0.39, 0.29) is 17.4 Å². The van der Waals surface area contributed by atoms with Crippen molar-refractivity contribution in [3.8, 4) is 11.8 Å². The zero-order chi connectivity index (χ0) is 23.0. The summed E-state index contributed by atoms with van der Waals surface area (Å²) in [5.41, 5.74) is 4.18. The fourth-order valence-electron chi connectivity index (χ4n) is 3.43. The Morgan fingerprint density at radius 2 is 1.66 bits per heavy atom. The van der Waals surface area contributed by atoms with Crippen LogP contribution in [0.25, 0.3) is 0 Å². The van der Waals surface area contributed by atoms with E-state index in [9.17, 15) is 8.42 Å². The lowest BCUT2D eigenvalue weighted by Gasteiger charge is -2.21. The molecule has 0 aliphatic heterocycles. The van der Waals surface area contributed by atoms with Crippen LogP contribution in [-0.2, 0) is 10.0 Å². The maximum Gasteiger partial charge on any atom is 0.240 e. The third kappa shape index (κ3) is 6.56. The zero-order valence-electron chi connectivity index (χ0n) is 18.4. The lowest BCUT2D eigenvalue weighted by Crippen LogP contribution is -2.29. The first-order valence-corrected chi connectivity index (χ1v) is 13.1. The van der Waals surface area contributed by atoms with Crippen molar-refractivity contribution in [2.24, 2.45) is 0 Å². The second kappa shape index (κ2) is 11.5. The maximum absolute atomic E-state index is 12.9. The highest BCUT2D eigenvalue weighted by Crippen LogP contribution is 2.28. The minimum Gasteiger partial charge on any atom is -0.210 e. The molecule has 32 heavy (non-hydrogen) atoms. The average Bonchev–Trinajstić information content (AvgIpc) is 2.79. The number of hydrogen-bond donors (Lipinski definition) is 1. The first-order chi connectivity index (χ1) is 15.4. The Labute approximate surface area is 200 Å². The molecule has 3 nitrogen and oxygen atoms in total. The molecule has 0 amide bonds. The summed E-state index contributed by atoms with van der Waals surface area (Å²) in [6.45, 7) is 4.44. The first kappa shape index (κ1) is 24.3. The highest BCUT2D eigenvalue weighted by Gasteiger charge is 2.21. The molecule has 1 atom stereocenters. The van der Waals surface area contributed by atoms with Gasteiger partial charge in [0.2, 0.25) is 10.0 Å². The Morgan fingerprint density at radius 3 is 2.34 bits per heavy atom. The van der Waals surface area contributed by atoms with Gasteiger partial charge in [-0.1, -0.05) is 89.1 Å². The zero-order valence-corrected chi connectivity index (χ0v) is 20.8. The van der Waals surface area contributed by atoms with Gasteiger partial charge in [0.25, 0.3) is 0 Å². The van der Waals surface area contributed by atoms with Crippen LogP contribution >= 0.6 is 15.9 Å². The molecular weight excluding hydrogens is 482 g/mol. The fourth-order valence-corrected chi connectivity index (χ4v) is 4.75. The molecule has 0 fully saturated rings. The van der Waals surface area contributed by atoms with Crippen molar-refractivity contribution in [3.63, 3.8) is 0 Å². The summed E-state index contributed by atoms with van der Waals surface area (Å²) >= 11 is 3.35. The summed E-state index contributed by atoms with van der Waals surface area (Å²) in [6.07, 6.45) is 3.04. The number of rotatable bonds is 8. The first-order valence-electron chi connectivity index (χ1n) is 10.8. The number of benzene rings is 3. The minimum atomic E-state index is -3.64. The lowest BCUT2D eigenvalue weighted by atomic mass is 9.88. The fraction of sp³-hybridized carbons (Fsp3) is 0.259. The van der Waals surface area contributed by atoms with E-state index in [2.05, 4.69) is 63.7 Å². The summed E-state index contributed by atoms with van der Waals surface area (Å²) in [6, 6.07) is 22.9. The monoisotopic (exact) mass is 509 g/mol. The summed E-state index contributed by atoms with van der Waals surface area (Å²) < 4.78 is 29.5. The van der Waals surface area contributed by atoms with Gasteiger partial charge in [-0.05, 0) is 54.8 Å². The van der Waals surface area contributed by atoms with E-state index in [1.165, 1.54) is 0 Å². The predicted octanol–water partition coefficient (Wildman–Crippen LogP) is 6.41. The molecule has 0 saturated carbocycles. The molecule has 0 radical (unpaired) electrons. The molecular formula is C27H28BrNO2S. The SMILES string of the molecule is CCCCC#Cc1ccccc1C(CNS(=O)(=O)c1ccc(Br)cc1)c1ccc(C)cc1. The normalized spacial score (nSPS) is 12.1. The van der Waals surface area contributed by atoms with Crippen LogP contribution in [0.3, 0.4) is 0 Å². The van der Waals surface area contributed by atoms with Crippen LogP contribution in [-0.4, -0.2) is 15.0 Å². The van der Waals surface area contributed by atoms with Gasteiger partial charge in [-0.15, -0.1) is 0 Å². The van der Waals surface area contributed by atoms with Crippen molar-refractivity contribution < 1.29 is 8.42 Å². The standard InChI is InChI=1S/C27H28BrNO2S/c1-3-4-5-6-9-22-10-7-8-11-26(22)27(23-14-12-21(2)13-15-23)20-29-32(30,31)25-18-16-24(28)17-19-25/h7-8,10-19,27,29H,3-5,20H2,1-2H3. The summed E-state index contributed by atoms with van der Waals surface area (Å²) in [5.74, 6) is 6.43. The molecule has 0 spiro atoms. The highest BCUT2D eigenvalue weighted by molar-refractivity contribution is 9.10. The van der Waals surface area contributed by atoms with Crippen LogP contribution < -0.4 is 4.72 Å². The molecule has 1 N–H and O–H groups in total. The predicted molar refractivity (Wildman–Crippen MR) is 135 cm³/mol. The molecule has 0 saturated heterocycles. The number of halogens is 1. The third-order valence-electron chi connectivity index (χ3n) is 5.30. The second-order valence-electron chi connectivity index (χ2n) is 7.76. The van der Waals surface area contributed by atoms with Gasteiger partial charge in [-0.25, -0.2) is 13.1 Å². The van der Waals surface area contributed by atoms with Gasteiger partial charge in [0, 0.05) is 28.9 Å². The number of nitrogens with one attached hydrogen (secondary N) is 1. The van der Waals surface area contributed by atoms with Crippen molar-refractivity contribution >= 4 is 26.0 Å². The van der Waals surface area contributed by atoms with Gasteiger partial charge < -0.3 is 0 Å². The molecule has 166 valence electrons. The van der Waals surface area contributed by atoms with Crippen molar-refractivity contribution in [3.05, 3.63) is 99.5 Å². The van der Waals surface area contributed by atoms with E-state index >= 15 is 0 Å². The Balaban J connectivity index is 1.94. The Kier molecular flexibility index (Phi) is 8.69. The third-order valence-corrected chi connectivity index (χ3v) is 7.26. The van der Waals surface area contributed by atoms with E-state index in [0.29, 0.717) is 0 Å². The average molecular weight is 510 g/mol. The molecule has 0 aromatic heterocycles. The molecule has 0 heterocycles. The van der Waals surface area contributed by atoms with Crippen LogP contribution in [0.1, 0.15) is 54.4 Å². The smallest absolute Gasteiger partial charge is 0.210 e. The van der Waals surface area contributed by atoms with Crippen LogP contribution in [0.15, 0.2) is 82.2 Å². The van der Waals surface area contributed by atoms with E-state index in [0.717, 1.165) is 46.0 Å². The van der Waals surface area contributed by atoms with Crippen LogP contribution in [0.5, 0.6) is 0 Å².